The molecule has 1 saturated heterocycles. The third-order valence-electron chi connectivity index (χ3n) is 7.46. The zero-order valence-electron chi connectivity index (χ0n) is 24.0. The van der Waals surface area contributed by atoms with Crippen LogP contribution in [0.1, 0.15) is 30.1 Å². The topological polar surface area (TPSA) is 114 Å². The molecule has 5 rings (SSSR count). The van der Waals surface area contributed by atoms with Crippen LogP contribution in [0.15, 0.2) is 49.1 Å². The van der Waals surface area contributed by atoms with E-state index in [1.807, 2.05) is 14.0 Å². The molecule has 230 valence electrons. The molecule has 0 aliphatic carbocycles. The number of carbonyl (C=O) groups is 2. The molecular weight excluding hydrogens is 596 g/mol. The van der Waals surface area contributed by atoms with Crippen LogP contribution in [0.2, 0.25) is 5.02 Å². The van der Waals surface area contributed by atoms with Crippen LogP contribution >= 0.6 is 11.6 Å². The number of ether oxygens (including phenoxy) is 1. The second-order valence-electron chi connectivity index (χ2n) is 10.5. The number of carbonyl (C=O) groups excluding carboxylic acids is 2. The van der Waals surface area contributed by atoms with Crippen LogP contribution in [-0.2, 0) is 11.3 Å². The van der Waals surface area contributed by atoms with Crippen molar-refractivity contribution < 1.29 is 23.1 Å². The fraction of sp³-hybridized carbons (Fsp3) is 0.379. The van der Waals surface area contributed by atoms with Crippen LogP contribution in [0.25, 0.3) is 21.7 Å². The summed E-state index contributed by atoms with van der Waals surface area (Å²) < 4.78 is 34.0. The fourth-order valence-corrected chi connectivity index (χ4v) is 5.43. The number of likely N-dealkylation sites (N-methyl/N-ethyl adjacent to an activating group) is 1. The Kier molecular flexibility index (Phi) is 9.36. The molecule has 1 aromatic carbocycles. The average Bonchev–Trinajstić information content (AvgIpc) is 3.61. The van der Waals surface area contributed by atoms with Gasteiger partial charge in [0.1, 0.15) is 23.6 Å². The summed E-state index contributed by atoms with van der Waals surface area (Å²) >= 11 is 6.21. The van der Waals surface area contributed by atoms with Crippen molar-refractivity contribution in [3.8, 4) is 17.0 Å². The Morgan fingerprint density at radius 1 is 1.30 bits per heavy atom. The predicted molar refractivity (Wildman–Crippen MR) is 159 cm³/mol. The van der Waals surface area contributed by atoms with Gasteiger partial charge in [-0.05, 0) is 44.2 Å². The summed E-state index contributed by atoms with van der Waals surface area (Å²) in [5.41, 5.74) is 0.830. The number of amides is 2. The van der Waals surface area contributed by atoms with Gasteiger partial charge in [-0.2, -0.15) is 19.0 Å². The summed E-state index contributed by atoms with van der Waals surface area (Å²) in [5.74, 6) is -0.953. The van der Waals surface area contributed by atoms with E-state index in [1.54, 1.807) is 17.2 Å². The Morgan fingerprint density at radius 3 is 2.80 bits per heavy atom. The Balaban J connectivity index is 1.39. The van der Waals surface area contributed by atoms with Crippen molar-refractivity contribution in [2.45, 2.75) is 45.0 Å². The Bertz CT molecular complexity index is 1690. The van der Waals surface area contributed by atoms with Gasteiger partial charge in [-0.1, -0.05) is 11.6 Å². The SMILES string of the molecule is [C-]#[N+]C(C)CN(C)C1CCN(C(=O)Cn2cc(NC(=O)c3cnn4cccnc34)c(-c3cc(Cl)ccc3OC(F)F)n2)CC1. The summed E-state index contributed by atoms with van der Waals surface area (Å²) in [6, 6.07) is 5.92. The summed E-state index contributed by atoms with van der Waals surface area (Å²) in [4.78, 5) is 38.3. The number of alkyl halides is 2. The number of halogens is 3. The monoisotopic (exact) mass is 625 g/mol. The first kappa shape index (κ1) is 30.8. The minimum absolute atomic E-state index is 0.0861. The third-order valence-corrected chi connectivity index (χ3v) is 7.69. The number of likely N-dealkylation sites (tertiary alicyclic amines) is 1. The van der Waals surface area contributed by atoms with E-state index in [0.29, 0.717) is 25.3 Å². The fourth-order valence-electron chi connectivity index (χ4n) is 5.26. The number of piperidine rings is 1. The van der Waals surface area contributed by atoms with Gasteiger partial charge >= 0.3 is 6.61 Å². The van der Waals surface area contributed by atoms with Crippen LogP contribution in [-0.4, -0.2) is 91.4 Å². The number of aromatic nitrogens is 5. The molecule has 2 amide bonds. The van der Waals surface area contributed by atoms with E-state index >= 15 is 0 Å². The molecule has 15 heteroatoms. The normalized spacial score (nSPS) is 14.6. The molecule has 3 aromatic heterocycles. The highest BCUT2D eigenvalue weighted by Gasteiger charge is 2.28. The minimum Gasteiger partial charge on any atom is -0.434 e. The zero-order valence-corrected chi connectivity index (χ0v) is 24.8. The highest BCUT2D eigenvalue weighted by molar-refractivity contribution is 6.31. The molecule has 44 heavy (non-hydrogen) atoms. The standard InChI is InChI=1S/C29H30ClF2N9O3/c1-18(33-2)15-38(3)20-7-11-39(12-8-20)25(42)17-40-16-23(36-28(43)22-14-35-41-10-4-9-34-27(22)41)26(37-40)21-13-19(30)5-6-24(21)44-29(31)32/h4-6,9-10,13-14,16,18,20,29H,7-8,11-12,15,17H2,1,3H3,(H,36,43). The molecule has 1 N–H and O–H groups in total. The Labute approximate surface area is 257 Å². The number of rotatable bonds is 10. The van der Waals surface area contributed by atoms with Crippen LogP contribution < -0.4 is 10.1 Å². The molecule has 0 bridgehead atoms. The van der Waals surface area contributed by atoms with Crippen LogP contribution in [0, 0.1) is 6.57 Å². The number of nitrogens with zero attached hydrogens (tertiary/aromatic N) is 8. The molecule has 4 aromatic rings. The van der Waals surface area contributed by atoms with Crippen LogP contribution in [0.3, 0.4) is 0 Å². The van der Waals surface area contributed by atoms with Crippen molar-refractivity contribution in [1.29, 1.82) is 0 Å². The lowest BCUT2D eigenvalue weighted by Crippen LogP contribution is -2.47. The summed E-state index contributed by atoms with van der Waals surface area (Å²) in [7, 11) is 2.00. The number of benzene rings is 1. The number of nitrogens with one attached hydrogen (secondary N) is 1. The maximum Gasteiger partial charge on any atom is 0.387 e. The molecular formula is C29H30ClF2N9O3. The first-order chi connectivity index (χ1) is 21.1. The van der Waals surface area contributed by atoms with Crippen molar-refractivity contribution in [3.63, 3.8) is 0 Å². The average molecular weight is 626 g/mol. The summed E-state index contributed by atoms with van der Waals surface area (Å²) in [5, 5.41) is 11.6. The Morgan fingerprint density at radius 2 is 2.07 bits per heavy atom. The highest BCUT2D eigenvalue weighted by atomic mass is 35.5. The molecule has 12 nitrogen and oxygen atoms in total. The number of anilines is 1. The third kappa shape index (κ3) is 6.95. The molecule has 1 unspecified atom stereocenters. The largest absolute Gasteiger partial charge is 0.434 e. The minimum atomic E-state index is -3.12. The van der Waals surface area contributed by atoms with E-state index in [0.717, 1.165) is 12.8 Å². The molecule has 0 radical (unpaired) electrons. The van der Waals surface area contributed by atoms with Gasteiger partial charge in [-0.15, -0.1) is 0 Å². The second-order valence-corrected chi connectivity index (χ2v) is 11.0. The van der Waals surface area contributed by atoms with E-state index in [9.17, 15) is 18.4 Å². The number of fused-ring (bicyclic) bond motifs is 1. The van der Waals surface area contributed by atoms with Gasteiger partial charge in [-0.25, -0.2) is 16.1 Å². The van der Waals surface area contributed by atoms with Crippen molar-refractivity contribution in [3.05, 3.63) is 71.1 Å². The van der Waals surface area contributed by atoms with E-state index in [2.05, 4.69) is 30.2 Å². The quantitative estimate of drug-likeness (QED) is 0.261. The van der Waals surface area contributed by atoms with Crippen molar-refractivity contribution in [2.75, 3.05) is 32.0 Å². The van der Waals surface area contributed by atoms with Gasteiger partial charge in [0.15, 0.2) is 5.65 Å². The van der Waals surface area contributed by atoms with Crippen molar-refractivity contribution >= 4 is 34.7 Å². The number of hydrogen-bond donors (Lipinski definition) is 1. The van der Waals surface area contributed by atoms with Gasteiger partial charge in [0.2, 0.25) is 11.9 Å². The summed E-state index contributed by atoms with van der Waals surface area (Å²) in [6.07, 6.45) is 7.52. The summed E-state index contributed by atoms with van der Waals surface area (Å²) in [6.45, 7) is 7.57. The molecule has 4 heterocycles. The van der Waals surface area contributed by atoms with Gasteiger partial charge in [-0.3, -0.25) is 19.2 Å². The molecule has 1 aliphatic rings. The van der Waals surface area contributed by atoms with Gasteiger partial charge in [0.05, 0.1) is 18.4 Å². The molecule has 1 fully saturated rings. The predicted octanol–water partition coefficient (Wildman–Crippen LogP) is 4.33. The van der Waals surface area contributed by atoms with Crippen LogP contribution in [0.5, 0.6) is 5.75 Å². The number of hydrogen-bond acceptors (Lipinski definition) is 7. The first-order valence-electron chi connectivity index (χ1n) is 13.9. The lowest BCUT2D eigenvalue weighted by molar-refractivity contribution is -0.133. The van der Waals surface area contributed by atoms with Gasteiger partial charge in [0, 0.05) is 55.2 Å². The Hall–Kier alpha value is -4.61. The van der Waals surface area contributed by atoms with Gasteiger partial charge < -0.3 is 19.8 Å². The van der Waals surface area contributed by atoms with Crippen LogP contribution in [0.4, 0.5) is 14.5 Å². The van der Waals surface area contributed by atoms with E-state index < -0.39 is 12.5 Å². The lowest BCUT2D eigenvalue weighted by atomic mass is 10.0. The molecule has 1 aliphatic heterocycles. The molecule has 0 saturated carbocycles. The van der Waals surface area contributed by atoms with Crippen molar-refractivity contribution in [1.82, 2.24) is 34.2 Å². The zero-order chi connectivity index (χ0) is 31.4. The smallest absolute Gasteiger partial charge is 0.387 e. The molecule has 1 atom stereocenters. The molecule has 0 spiro atoms. The highest BCUT2D eigenvalue weighted by Crippen LogP contribution is 2.37. The maximum atomic E-state index is 13.3. The maximum absolute atomic E-state index is 13.3. The van der Waals surface area contributed by atoms with Gasteiger partial charge in [0.25, 0.3) is 5.91 Å². The van der Waals surface area contributed by atoms with E-state index in [1.165, 1.54) is 46.0 Å². The second kappa shape index (κ2) is 13.4. The van der Waals surface area contributed by atoms with E-state index in [4.69, 9.17) is 22.9 Å². The first-order valence-corrected chi connectivity index (χ1v) is 14.3. The van der Waals surface area contributed by atoms with Crippen molar-refractivity contribution in [2.24, 2.45) is 0 Å². The lowest BCUT2D eigenvalue weighted by Gasteiger charge is -2.36. The van der Waals surface area contributed by atoms with E-state index in [-0.39, 0.29) is 57.8 Å².